The molecule has 4 rings (SSSR count). The highest BCUT2D eigenvalue weighted by Crippen LogP contribution is 2.60. The molecule has 0 N–H and O–H groups in total. The lowest BCUT2D eigenvalue weighted by Crippen LogP contribution is -2.48. The topological polar surface area (TPSA) is 18.5 Å². The first-order valence-corrected chi connectivity index (χ1v) is 7.21. The fourth-order valence-electron chi connectivity index (χ4n) is 4.54. The molecular weight excluding hydrogens is 236 g/mol. The first kappa shape index (κ1) is 11.4. The lowest BCUT2D eigenvalue weighted by molar-refractivity contribution is 0.0964. The molecule has 2 aliphatic carbocycles. The van der Waals surface area contributed by atoms with Crippen LogP contribution in [0.25, 0.3) is 0 Å². The summed E-state index contributed by atoms with van der Waals surface area (Å²) < 4.78 is 11.8. The van der Waals surface area contributed by atoms with Crippen molar-refractivity contribution in [3.63, 3.8) is 0 Å². The zero-order chi connectivity index (χ0) is 13.2. The molecule has 0 saturated heterocycles. The minimum absolute atomic E-state index is 0.118. The fraction of sp³-hybridized carbons (Fsp3) is 0.529. The molecule has 1 fully saturated rings. The van der Waals surface area contributed by atoms with Gasteiger partial charge in [-0.2, -0.15) is 0 Å². The Morgan fingerprint density at radius 3 is 2.89 bits per heavy atom. The van der Waals surface area contributed by atoms with Gasteiger partial charge in [-0.3, -0.25) is 0 Å². The van der Waals surface area contributed by atoms with Gasteiger partial charge < -0.3 is 9.47 Å². The summed E-state index contributed by atoms with van der Waals surface area (Å²) in [7, 11) is 1.72. The van der Waals surface area contributed by atoms with E-state index in [1.54, 1.807) is 7.11 Å². The molecule has 1 aliphatic heterocycles. The zero-order valence-electron chi connectivity index (χ0n) is 11.7. The zero-order valence-corrected chi connectivity index (χ0v) is 11.7. The lowest BCUT2D eigenvalue weighted by atomic mass is 9.57. The van der Waals surface area contributed by atoms with E-state index in [1.165, 1.54) is 36.0 Å². The van der Waals surface area contributed by atoms with Crippen LogP contribution in [0.15, 0.2) is 24.3 Å². The van der Waals surface area contributed by atoms with Gasteiger partial charge >= 0.3 is 0 Å². The molecule has 100 valence electrons. The van der Waals surface area contributed by atoms with E-state index in [4.69, 9.17) is 9.47 Å². The van der Waals surface area contributed by atoms with E-state index < -0.39 is 0 Å². The summed E-state index contributed by atoms with van der Waals surface area (Å²) in [4.78, 5) is 0. The van der Waals surface area contributed by atoms with E-state index in [1.807, 2.05) is 0 Å². The van der Waals surface area contributed by atoms with E-state index in [0.29, 0.717) is 0 Å². The average Bonchev–Trinajstić information content (AvgIpc) is 2.74. The molecule has 0 spiro atoms. The van der Waals surface area contributed by atoms with Crippen molar-refractivity contribution in [3.8, 4) is 11.5 Å². The van der Waals surface area contributed by atoms with Crippen molar-refractivity contribution in [3.05, 3.63) is 35.4 Å². The maximum Gasteiger partial charge on any atom is 0.166 e. The third kappa shape index (κ3) is 1.22. The van der Waals surface area contributed by atoms with Crippen LogP contribution in [0.4, 0.5) is 0 Å². The second-order valence-electron chi connectivity index (χ2n) is 6.34. The number of hydrogen-bond acceptors (Lipinski definition) is 2. The van der Waals surface area contributed by atoms with Gasteiger partial charge in [-0.05, 0) is 48.8 Å². The molecule has 3 atom stereocenters. The average molecular weight is 256 g/mol. The molecule has 2 unspecified atom stereocenters. The first-order chi connectivity index (χ1) is 9.16. The third-order valence-electron chi connectivity index (χ3n) is 5.54. The van der Waals surface area contributed by atoms with E-state index in [2.05, 4.69) is 25.6 Å². The van der Waals surface area contributed by atoms with Crippen LogP contribution in [0.3, 0.4) is 0 Å². The number of ether oxygens (including phenoxy) is 2. The molecule has 3 aliphatic rings. The van der Waals surface area contributed by atoms with E-state index in [0.717, 1.165) is 23.8 Å². The predicted octanol–water partition coefficient (Wildman–Crippen LogP) is 3.63. The third-order valence-corrected chi connectivity index (χ3v) is 5.54. The Kier molecular flexibility index (Phi) is 2.13. The Bertz CT molecular complexity index is 575. The van der Waals surface area contributed by atoms with Crippen LogP contribution in [-0.4, -0.2) is 13.2 Å². The van der Waals surface area contributed by atoms with Crippen molar-refractivity contribution in [2.45, 2.75) is 44.1 Å². The Morgan fingerprint density at radius 1 is 1.32 bits per heavy atom. The summed E-state index contributed by atoms with van der Waals surface area (Å²) in [6, 6.07) is 4.28. The summed E-state index contributed by atoms with van der Waals surface area (Å²) in [5, 5.41) is 0. The van der Waals surface area contributed by atoms with Gasteiger partial charge in [0.05, 0.1) is 7.11 Å². The Hall–Kier alpha value is -1.44. The fourth-order valence-corrected chi connectivity index (χ4v) is 4.54. The molecule has 0 aromatic heterocycles. The number of hydrogen-bond donors (Lipinski definition) is 0. The largest absolute Gasteiger partial charge is 0.493 e. The van der Waals surface area contributed by atoms with Gasteiger partial charge in [-0.25, -0.2) is 0 Å². The highest BCUT2D eigenvalue weighted by molar-refractivity contribution is 5.60. The highest BCUT2D eigenvalue weighted by atomic mass is 16.5. The molecule has 0 radical (unpaired) electrons. The van der Waals surface area contributed by atoms with Crippen LogP contribution < -0.4 is 9.47 Å². The summed E-state index contributed by atoms with van der Waals surface area (Å²) in [6.45, 7) is 6.64. The molecule has 2 heteroatoms. The second-order valence-corrected chi connectivity index (χ2v) is 6.34. The van der Waals surface area contributed by atoms with Crippen molar-refractivity contribution < 1.29 is 9.47 Å². The lowest BCUT2D eigenvalue weighted by Gasteiger charge is -2.46. The maximum atomic E-state index is 6.31. The van der Waals surface area contributed by atoms with Crippen molar-refractivity contribution in [1.29, 1.82) is 0 Å². The smallest absolute Gasteiger partial charge is 0.166 e. The summed E-state index contributed by atoms with van der Waals surface area (Å²) >= 11 is 0. The van der Waals surface area contributed by atoms with E-state index in [-0.39, 0.29) is 11.5 Å². The number of benzene rings is 1. The Labute approximate surface area is 114 Å². The standard InChI is InChI=1S/C17H20O2/c1-10-4-7-12-8-5-11-6-9-13(18-3)15-14(11)17(12,2)16(10)19-15/h6,9,12,16H,1,4-5,7-8H2,2-3H3/t12?,16-,17?/m1/s1. The van der Waals surface area contributed by atoms with Crippen molar-refractivity contribution in [2.24, 2.45) is 5.92 Å². The molecule has 1 heterocycles. The van der Waals surface area contributed by atoms with Crippen LogP contribution in [0.5, 0.6) is 11.5 Å². The molecule has 2 nitrogen and oxygen atoms in total. The van der Waals surface area contributed by atoms with Crippen molar-refractivity contribution >= 4 is 0 Å². The molecule has 19 heavy (non-hydrogen) atoms. The molecule has 0 bridgehead atoms. The van der Waals surface area contributed by atoms with E-state index >= 15 is 0 Å². The molecule has 1 aromatic carbocycles. The second kappa shape index (κ2) is 3.56. The van der Waals surface area contributed by atoms with Gasteiger partial charge in [-0.15, -0.1) is 0 Å². The van der Waals surface area contributed by atoms with Crippen molar-refractivity contribution in [1.82, 2.24) is 0 Å². The molecule has 1 saturated carbocycles. The van der Waals surface area contributed by atoms with Crippen LogP contribution in [0.2, 0.25) is 0 Å². The van der Waals surface area contributed by atoms with Gasteiger partial charge in [0.15, 0.2) is 11.5 Å². The van der Waals surface area contributed by atoms with Crippen LogP contribution in [0, 0.1) is 5.92 Å². The summed E-state index contributed by atoms with van der Waals surface area (Å²) in [5.41, 5.74) is 4.23. The monoisotopic (exact) mass is 256 g/mol. The maximum absolute atomic E-state index is 6.31. The highest BCUT2D eigenvalue weighted by Gasteiger charge is 2.56. The van der Waals surface area contributed by atoms with Crippen LogP contribution in [-0.2, 0) is 11.8 Å². The number of aryl methyl sites for hydroxylation is 1. The summed E-state index contributed by atoms with van der Waals surface area (Å²) in [6.07, 6.45) is 4.97. The SMILES string of the molecule is C=C1CCC2CCc3ccc(OC)c4c3C2(C)[C@@H]1O4. The van der Waals surface area contributed by atoms with Crippen LogP contribution >= 0.6 is 0 Å². The minimum Gasteiger partial charge on any atom is -0.493 e. The van der Waals surface area contributed by atoms with Gasteiger partial charge in [-0.1, -0.05) is 19.6 Å². The molecule has 1 aromatic rings. The minimum atomic E-state index is 0.118. The normalized spacial score (nSPS) is 34.7. The van der Waals surface area contributed by atoms with Gasteiger partial charge in [0.2, 0.25) is 0 Å². The Morgan fingerprint density at radius 2 is 2.11 bits per heavy atom. The molecular formula is C17H20O2. The number of rotatable bonds is 1. The van der Waals surface area contributed by atoms with Gasteiger partial charge in [0.1, 0.15) is 6.10 Å². The molecule has 0 amide bonds. The van der Waals surface area contributed by atoms with Crippen molar-refractivity contribution in [2.75, 3.05) is 7.11 Å². The number of methoxy groups -OCH3 is 1. The quantitative estimate of drug-likeness (QED) is 0.714. The van der Waals surface area contributed by atoms with Crippen LogP contribution in [0.1, 0.15) is 37.3 Å². The summed E-state index contributed by atoms with van der Waals surface area (Å²) in [5.74, 6) is 2.59. The Balaban J connectivity index is 2.00. The van der Waals surface area contributed by atoms with Gasteiger partial charge in [0, 0.05) is 11.0 Å². The van der Waals surface area contributed by atoms with E-state index in [9.17, 15) is 0 Å². The first-order valence-electron chi connectivity index (χ1n) is 7.21. The predicted molar refractivity (Wildman–Crippen MR) is 74.9 cm³/mol. The van der Waals surface area contributed by atoms with Gasteiger partial charge in [0.25, 0.3) is 0 Å².